The second-order valence-electron chi connectivity index (χ2n) is 4.36. The Morgan fingerprint density at radius 1 is 1.39 bits per heavy atom. The van der Waals surface area contributed by atoms with Crippen molar-refractivity contribution in [2.45, 2.75) is 18.6 Å². The number of rotatable bonds is 1. The van der Waals surface area contributed by atoms with Crippen LogP contribution in [0.25, 0.3) is 5.69 Å². The Labute approximate surface area is 110 Å². The molecule has 0 bridgehead atoms. The molecule has 1 aliphatic rings. The van der Waals surface area contributed by atoms with Crippen molar-refractivity contribution in [1.29, 1.82) is 0 Å². The highest BCUT2D eigenvalue weighted by molar-refractivity contribution is 7.80. The van der Waals surface area contributed by atoms with Crippen LogP contribution in [-0.2, 0) is 4.79 Å². The number of thiol groups is 1. The molecule has 2 heterocycles. The highest BCUT2D eigenvalue weighted by Crippen LogP contribution is 2.37. The third-order valence-corrected chi connectivity index (χ3v) is 3.52. The Morgan fingerprint density at radius 3 is 2.83 bits per heavy atom. The highest BCUT2D eigenvalue weighted by Gasteiger charge is 2.29. The lowest BCUT2D eigenvalue weighted by Gasteiger charge is -2.20. The van der Waals surface area contributed by atoms with E-state index in [1.807, 2.05) is 37.3 Å². The largest absolute Gasteiger partial charge is 0.310 e. The average molecular weight is 259 g/mol. The maximum atomic E-state index is 11.6. The molecule has 0 saturated heterocycles. The van der Waals surface area contributed by atoms with Gasteiger partial charge in [0.05, 0.1) is 11.4 Å². The van der Waals surface area contributed by atoms with Crippen LogP contribution in [0.4, 0.5) is 5.82 Å². The topological polar surface area (TPSA) is 46.9 Å². The zero-order chi connectivity index (χ0) is 12.7. The summed E-state index contributed by atoms with van der Waals surface area (Å²) >= 11 is 4.48. The van der Waals surface area contributed by atoms with E-state index in [4.69, 9.17) is 0 Å². The second-order valence-corrected chi connectivity index (χ2v) is 4.99. The number of carbonyl (C=O) groups excluding carboxylic acids is 1. The van der Waals surface area contributed by atoms with Crippen LogP contribution in [0.1, 0.15) is 22.9 Å². The van der Waals surface area contributed by atoms with Crippen molar-refractivity contribution in [1.82, 2.24) is 9.78 Å². The molecule has 1 aromatic heterocycles. The molecule has 2 aromatic rings. The fourth-order valence-electron chi connectivity index (χ4n) is 2.28. The first-order valence-corrected chi connectivity index (χ1v) is 6.31. The van der Waals surface area contributed by atoms with Gasteiger partial charge in [-0.25, -0.2) is 4.68 Å². The molecule has 92 valence electrons. The molecule has 1 atom stereocenters. The number of nitrogens with zero attached hydrogens (tertiary/aromatic N) is 2. The summed E-state index contributed by atoms with van der Waals surface area (Å²) in [6.07, 6.45) is 0.400. The molecule has 1 amide bonds. The first-order chi connectivity index (χ1) is 8.66. The molecule has 0 saturated carbocycles. The van der Waals surface area contributed by atoms with Gasteiger partial charge in [-0.3, -0.25) is 4.79 Å². The van der Waals surface area contributed by atoms with Crippen molar-refractivity contribution >= 4 is 24.4 Å². The number of hydrogen-bond acceptors (Lipinski definition) is 3. The predicted molar refractivity (Wildman–Crippen MR) is 73.3 cm³/mol. The average Bonchev–Trinajstić information content (AvgIpc) is 2.67. The molecule has 1 unspecified atom stereocenters. The van der Waals surface area contributed by atoms with Crippen LogP contribution in [0.2, 0.25) is 0 Å². The molecule has 1 N–H and O–H groups in total. The van der Waals surface area contributed by atoms with Crippen molar-refractivity contribution < 1.29 is 4.79 Å². The summed E-state index contributed by atoms with van der Waals surface area (Å²) in [5.74, 6) is 0.731. The summed E-state index contributed by atoms with van der Waals surface area (Å²) in [6, 6.07) is 9.76. The lowest BCUT2D eigenvalue weighted by atomic mass is 10.1. The molecule has 0 aliphatic carbocycles. The van der Waals surface area contributed by atoms with E-state index in [1.165, 1.54) is 0 Å². The number of benzene rings is 1. The number of hydrogen-bond donors (Lipinski definition) is 2. The molecule has 1 aliphatic heterocycles. The fraction of sp³-hybridized carbons (Fsp3) is 0.231. The Kier molecular flexibility index (Phi) is 2.63. The monoisotopic (exact) mass is 259 g/mol. The molecular formula is C13H13N3OS. The normalized spacial score (nSPS) is 18.3. The highest BCUT2D eigenvalue weighted by atomic mass is 32.1. The fourth-order valence-corrected chi connectivity index (χ4v) is 2.75. The maximum absolute atomic E-state index is 11.6. The van der Waals surface area contributed by atoms with Gasteiger partial charge in [-0.05, 0) is 19.1 Å². The van der Waals surface area contributed by atoms with Gasteiger partial charge in [0.25, 0.3) is 0 Å². The quantitative estimate of drug-likeness (QED) is 0.773. The van der Waals surface area contributed by atoms with E-state index < -0.39 is 0 Å². The van der Waals surface area contributed by atoms with Crippen molar-refractivity contribution in [2.24, 2.45) is 0 Å². The number of anilines is 1. The van der Waals surface area contributed by atoms with Crippen LogP contribution in [0.3, 0.4) is 0 Å². The van der Waals surface area contributed by atoms with Crippen LogP contribution in [0.5, 0.6) is 0 Å². The Morgan fingerprint density at radius 2 is 2.11 bits per heavy atom. The number of nitrogens with one attached hydrogen (secondary N) is 1. The minimum Gasteiger partial charge on any atom is -0.310 e. The van der Waals surface area contributed by atoms with Crippen molar-refractivity contribution in [3.05, 3.63) is 41.6 Å². The van der Waals surface area contributed by atoms with E-state index in [0.29, 0.717) is 6.42 Å². The minimum atomic E-state index is -0.0776. The van der Waals surface area contributed by atoms with Crippen molar-refractivity contribution in [3.63, 3.8) is 0 Å². The van der Waals surface area contributed by atoms with Gasteiger partial charge >= 0.3 is 0 Å². The maximum Gasteiger partial charge on any atom is 0.226 e. The minimum absolute atomic E-state index is 0.0143. The van der Waals surface area contributed by atoms with Gasteiger partial charge in [0.1, 0.15) is 5.82 Å². The number of para-hydroxylation sites is 1. The number of fused-ring (bicyclic) bond motifs is 1. The molecule has 0 radical (unpaired) electrons. The summed E-state index contributed by atoms with van der Waals surface area (Å²) in [6.45, 7) is 1.94. The lowest BCUT2D eigenvalue weighted by molar-refractivity contribution is -0.116. The van der Waals surface area contributed by atoms with Crippen molar-refractivity contribution in [2.75, 3.05) is 5.32 Å². The lowest BCUT2D eigenvalue weighted by Crippen LogP contribution is -2.22. The van der Waals surface area contributed by atoms with Gasteiger partial charge in [0.15, 0.2) is 0 Å². The van der Waals surface area contributed by atoms with Gasteiger partial charge in [0, 0.05) is 17.2 Å². The molecule has 3 rings (SSSR count). The van der Waals surface area contributed by atoms with E-state index in [0.717, 1.165) is 22.8 Å². The Balaban J connectivity index is 2.19. The van der Waals surface area contributed by atoms with Gasteiger partial charge in [0.2, 0.25) is 5.91 Å². The number of amides is 1. The molecule has 4 nitrogen and oxygen atoms in total. The molecule has 1 aromatic carbocycles. The Hall–Kier alpha value is -1.75. The summed E-state index contributed by atoms with van der Waals surface area (Å²) in [5, 5.41) is 7.31. The third-order valence-electron chi connectivity index (χ3n) is 3.08. The first kappa shape index (κ1) is 11.3. The SMILES string of the molecule is Cc1nn(-c2ccccc2)c2c1C(S)CC(=O)N2. The van der Waals surface area contributed by atoms with Crippen molar-refractivity contribution in [3.8, 4) is 5.69 Å². The molecular weight excluding hydrogens is 246 g/mol. The van der Waals surface area contributed by atoms with Gasteiger partial charge in [-0.1, -0.05) is 18.2 Å². The summed E-state index contributed by atoms with van der Waals surface area (Å²) in [7, 11) is 0. The summed E-state index contributed by atoms with van der Waals surface area (Å²) in [5.41, 5.74) is 2.86. The summed E-state index contributed by atoms with van der Waals surface area (Å²) in [4.78, 5) is 11.6. The standard InChI is InChI=1S/C13H13N3OS/c1-8-12-10(18)7-11(17)14-13(12)16(15-8)9-5-3-2-4-6-9/h2-6,10,18H,7H2,1H3,(H,14,17). The number of carbonyl (C=O) groups is 1. The predicted octanol–water partition coefficient (Wildman–Crippen LogP) is 2.49. The van der Waals surface area contributed by atoms with Crippen LogP contribution in [0, 0.1) is 6.92 Å². The summed E-state index contributed by atoms with van der Waals surface area (Å²) < 4.78 is 1.77. The second kappa shape index (κ2) is 4.17. The van der Waals surface area contributed by atoms with E-state index in [-0.39, 0.29) is 11.2 Å². The van der Waals surface area contributed by atoms with E-state index in [1.54, 1.807) is 4.68 Å². The van der Waals surface area contributed by atoms with Gasteiger partial charge in [-0.15, -0.1) is 0 Å². The van der Waals surface area contributed by atoms with Gasteiger partial charge in [-0.2, -0.15) is 17.7 Å². The molecule has 5 heteroatoms. The smallest absolute Gasteiger partial charge is 0.226 e. The van der Waals surface area contributed by atoms with Gasteiger partial charge < -0.3 is 5.32 Å². The zero-order valence-corrected chi connectivity index (χ0v) is 10.8. The van der Waals surface area contributed by atoms with E-state index in [2.05, 4.69) is 23.0 Å². The number of aryl methyl sites for hydroxylation is 1. The van der Waals surface area contributed by atoms with Crippen LogP contribution in [-0.4, -0.2) is 15.7 Å². The van der Waals surface area contributed by atoms with Crippen LogP contribution >= 0.6 is 12.6 Å². The first-order valence-electron chi connectivity index (χ1n) is 5.79. The zero-order valence-electron chi connectivity index (χ0n) is 9.92. The third kappa shape index (κ3) is 1.71. The van der Waals surface area contributed by atoms with E-state index in [9.17, 15) is 4.79 Å². The molecule has 0 fully saturated rings. The van der Waals surface area contributed by atoms with Crippen LogP contribution < -0.4 is 5.32 Å². The molecule has 18 heavy (non-hydrogen) atoms. The Bertz CT molecular complexity index is 606. The van der Waals surface area contributed by atoms with Crippen LogP contribution in [0.15, 0.2) is 30.3 Å². The molecule has 0 spiro atoms. The van der Waals surface area contributed by atoms with E-state index >= 15 is 0 Å². The number of aromatic nitrogens is 2.